The third-order valence-electron chi connectivity index (χ3n) is 3.25. The van der Waals surface area contributed by atoms with Gasteiger partial charge in [0.15, 0.2) is 9.84 Å². The Morgan fingerprint density at radius 3 is 2.46 bits per heavy atom. The molecule has 1 heterocycles. The van der Waals surface area contributed by atoms with Crippen LogP contribution in [0.1, 0.15) is 10.4 Å². The molecule has 0 N–H and O–H groups in total. The van der Waals surface area contributed by atoms with Crippen molar-refractivity contribution in [3.63, 3.8) is 0 Å². The Kier molecular flexibility index (Phi) is 4.70. The van der Waals surface area contributed by atoms with Crippen LogP contribution in [0.2, 0.25) is 0 Å². The molecular formula is C14H12F3NO5S. The molecule has 0 aromatic heterocycles. The van der Waals surface area contributed by atoms with E-state index in [2.05, 4.69) is 4.74 Å². The third-order valence-corrected chi connectivity index (χ3v) is 4.63. The molecule has 6 nitrogen and oxygen atoms in total. The molecule has 0 radical (unpaired) electrons. The average molecular weight is 363 g/mol. The molecule has 1 atom stereocenters. The van der Waals surface area contributed by atoms with Crippen LogP contribution in [0.5, 0.6) is 0 Å². The van der Waals surface area contributed by atoms with E-state index in [1.54, 1.807) is 0 Å². The Morgan fingerprint density at radius 2 is 1.96 bits per heavy atom. The van der Waals surface area contributed by atoms with E-state index in [9.17, 15) is 31.2 Å². The van der Waals surface area contributed by atoms with Crippen LogP contribution in [0.25, 0.3) is 0 Å². The molecule has 1 aliphatic heterocycles. The smallest absolute Gasteiger partial charge is 0.465 e. The van der Waals surface area contributed by atoms with Gasteiger partial charge >= 0.3 is 18.1 Å². The number of hydrogen-bond acceptors (Lipinski definition) is 5. The number of alkyl halides is 3. The molecule has 1 amide bonds. The number of halogens is 3. The van der Waals surface area contributed by atoms with Crippen molar-refractivity contribution in [2.24, 2.45) is 0 Å². The van der Waals surface area contributed by atoms with Crippen LogP contribution < -0.4 is 4.90 Å². The fourth-order valence-corrected chi connectivity index (χ4v) is 3.48. The van der Waals surface area contributed by atoms with Gasteiger partial charge < -0.3 is 4.74 Å². The Bertz CT molecular complexity index is 801. The summed E-state index contributed by atoms with van der Waals surface area (Å²) < 4.78 is 66.2. The summed E-state index contributed by atoms with van der Waals surface area (Å²) in [5.41, 5.74) is -0.327. The van der Waals surface area contributed by atoms with Gasteiger partial charge in [-0.3, -0.25) is 9.69 Å². The van der Waals surface area contributed by atoms with E-state index >= 15 is 0 Å². The first-order valence-electron chi connectivity index (χ1n) is 6.55. The normalized spacial score (nSPS) is 19.1. The second-order valence-corrected chi connectivity index (χ2v) is 6.87. The van der Waals surface area contributed by atoms with Gasteiger partial charge in [0.2, 0.25) is 0 Å². The van der Waals surface area contributed by atoms with Crippen LogP contribution >= 0.6 is 0 Å². The van der Waals surface area contributed by atoms with Crippen molar-refractivity contribution < 1.29 is 35.9 Å². The molecule has 0 saturated carbocycles. The zero-order chi connectivity index (χ0) is 18.1. The summed E-state index contributed by atoms with van der Waals surface area (Å²) in [5.74, 6) is -3.70. The lowest BCUT2D eigenvalue weighted by atomic mass is 10.1. The summed E-state index contributed by atoms with van der Waals surface area (Å²) in [5, 5.41) is 0.762. The molecule has 1 unspecified atom stereocenters. The molecular weight excluding hydrogens is 351 g/mol. The third kappa shape index (κ3) is 3.75. The molecule has 1 aromatic carbocycles. The monoisotopic (exact) mass is 363 g/mol. The van der Waals surface area contributed by atoms with Gasteiger partial charge in [-0.15, -0.1) is 0 Å². The van der Waals surface area contributed by atoms with Crippen LogP contribution in [-0.2, 0) is 19.4 Å². The molecule has 2 rings (SSSR count). The van der Waals surface area contributed by atoms with E-state index in [4.69, 9.17) is 0 Å². The zero-order valence-electron chi connectivity index (χ0n) is 12.3. The largest absolute Gasteiger partial charge is 0.471 e. The molecule has 10 heteroatoms. The van der Waals surface area contributed by atoms with Gasteiger partial charge in [0.1, 0.15) is 0 Å². The molecule has 0 spiro atoms. The van der Waals surface area contributed by atoms with Crippen molar-refractivity contribution in [1.82, 2.24) is 0 Å². The number of benzene rings is 1. The topological polar surface area (TPSA) is 80.8 Å². The highest BCUT2D eigenvalue weighted by molar-refractivity contribution is 7.94. The summed E-state index contributed by atoms with van der Waals surface area (Å²) in [6, 6.07) is 3.46. The second-order valence-electron chi connectivity index (χ2n) is 4.94. The van der Waals surface area contributed by atoms with Crippen molar-refractivity contribution in [1.29, 1.82) is 0 Å². The Balaban J connectivity index is 2.49. The van der Waals surface area contributed by atoms with Crippen LogP contribution in [-0.4, -0.2) is 45.4 Å². The summed E-state index contributed by atoms with van der Waals surface area (Å²) >= 11 is 0. The van der Waals surface area contributed by atoms with Crippen molar-refractivity contribution in [3.8, 4) is 0 Å². The van der Waals surface area contributed by atoms with Gasteiger partial charge in [-0.05, 0) is 24.3 Å². The maximum Gasteiger partial charge on any atom is 0.471 e. The lowest BCUT2D eigenvalue weighted by molar-refractivity contribution is -0.170. The van der Waals surface area contributed by atoms with Crippen LogP contribution in [0.4, 0.5) is 18.9 Å². The van der Waals surface area contributed by atoms with E-state index in [1.807, 2.05) is 0 Å². The molecule has 1 aliphatic rings. The average Bonchev–Trinajstić information content (AvgIpc) is 2.85. The number of carbonyl (C=O) groups is 2. The van der Waals surface area contributed by atoms with Crippen LogP contribution in [0.15, 0.2) is 35.7 Å². The minimum atomic E-state index is -5.21. The van der Waals surface area contributed by atoms with Gasteiger partial charge in [0.25, 0.3) is 0 Å². The lowest BCUT2D eigenvalue weighted by Gasteiger charge is -2.28. The summed E-state index contributed by atoms with van der Waals surface area (Å²) in [6.07, 6.45) is -4.20. The van der Waals surface area contributed by atoms with E-state index in [0.29, 0.717) is 4.90 Å². The molecule has 0 aliphatic carbocycles. The molecule has 130 valence electrons. The first kappa shape index (κ1) is 18.0. The zero-order valence-corrected chi connectivity index (χ0v) is 13.1. The van der Waals surface area contributed by atoms with Crippen LogP contribution in [0, 0.1) is 0 Å². The summed E-state index contributed by atoms with van der Waals surface area (Å²) in [7, 11) is -2.59. The highest BCUT2D eigenvalue weighted by Crippen LogP contribution is 2.29. The van der Waals surface area contributed by atoms with E-state index in [0.717, 1.165) is 24.7 Å². The number of rotatable bonds is 3. The summed E-state index contributed by atoms with van der Waals surface area (Å²) in [6.45, 7) is 0. The number of nitrogens with zero attached hydrogens (tertiary/aromatic N) is 1. The minimum Gasteiger partial charge on any atom is -0.465 e. The van der Waals surface area contributed by atoms with Gasteiger partial charge in [-0.1, -0.05) is 6.07 Å². The maximum absolute atomic E-state index is 12.9. The second kappa shape index (κ2) is 6.27. The van der Waals surface area contributed by atoms with Gasteiger partial charge in [0, 0.05) is 11.1 Å². The van der Waals surface area contributed by atoms with Crippen molar-refractivity contribution >= 4 is 27.4 Å². The highest BCUT2D eigenvalue weighted by atomic mass is 32.2. The Morgan fingerprint density at radius 1 is 1.29 bits per heavy atom. The molecule has 0 fully saturated rings. The summed E-state index contributed by atoms with van der Waals surface area (Å²) in [4.78, 5) is 23.6. The molecule has 0 saturated heterocycles. The fourth-order valence-electron chi connectivity index (χ4n) is 2.22. The van der Waals surface area contributed by atoms with Crippen molar-refractivity contribution in [3.05, 3.63) is 41.3 Å². The van der Waals surface area contributed by atoms with E-state index < -0.39 is 39.7 Å². The number of methoxy groups -OCH3 is 1. The maximum atomic E-state index is 12.9. The number of hydrogen-bond donors (Lipinski definition) is 0. The first-order valence-corrected chi connectivity index (χ1v) is 8.26. The number of anilines is 1. The number of carbonyl (C=O) groups excluding carboxylic acids is 2. The quantitative estimate of drug-likeness (QED) is 0.764. The molecule has 1 aromatic rings. The fraction of sp³-hybridized carbons (Fsp3) is 0.286. The molecule has 24 heavy (non-hydrogen) atoms. The number of amides is 1. The molecule has 0 bridgehead atoms. The van der Waals surface area contributed by atoms with Gasteiger partial charge in [-0.25, -0.2) is 13.2 Å². The SMILES string of the molecule is COC(=O)c1cccc(N(C(=O)C(F)(F)F)C2C=CS(=O)(=O)C2)c1. The first-order chi connectivity index (χ1) is 11.0. The van der Waals surface area contributed by atoms with Crippen LogP contribution in [0.3, 0.4) is 0 Å². The minimum absolute atomic E-state index is 0.0696. The number of sulfone groups is 1. The van der Waals surface area contributed by atoms with E-state index in [-0.39, 0.29) is 11.3 Å². The van der Waals surface area contributed by atoms with Gasteiger partial charge in [-0.2, -0.15) is 13.2 Å². The van der Waals surface area contributed by atoms with E-state index in [1.165, 1.54) is 18.2 Å². The Hall–Kier alpha value is -2.36. The number of esters is 1. The predicted molar refractivity (Wildman–Crippen MR) is 78.0 cm³/mol. The van der Waals surface area contributed by atoms with Crippen molar-refractivity contribution in [2.75, 3.05) is 17.8 Å². The highest BCUT2D eigenvalue weighted by Gasteiger charge is 2.46. The lowest BCUT2D eigenvalue weighted by Crippen LogP contribution is -2.48. The Labute approximate surface area is 135 Å². The van der Waals surface area contributed by atoms with Crippen molar-refractivity contribution in [2.45, 2.75) is 12.2 Å². The predicted octanol–water partition coefficient (Wildman–Crippen LogP) is 1.68. The van der Waals surface area contributed by atoms with Gasteiger partial charge in [0.05, 0.1) is 24.5 Å². The standard InChI is InChI=1S/C14H12F3NO5S/c1-23-12(19)9-3-2-4-10(7-9)18(13(20)14(15,16)17)11-5-6-24(21,22)8-11/h2-7,11H,8H2,1H3. The number of ether oxygens (including phenoxy) is 1.